The summed E-state index contributed by atoms with van der Waals surface area (Å²) in [6, 6.07) is 10.0. The number of benzene rings is 2. The molecule has 0 atom stereocenters. The van der Waals surface area contributed by atoms with E-state index >= 15 is 0 Å². The molecule has 0 spiro atoms. The number of alkyl halides is 3. The molecule has 21 heavy (non-hydrogen) atoms. The van der Waals surface area contributed by atoms with Gasteiger partial charge in [0.25, 0.3) is 5.91 Å². The lowest BCUT2D eigenvalue weighted by Crippen LogP contribution is -2.17. The normalized spacial score (nSPS) is 11.2. The molecule has 1 amide bonds. The van der Waals surface area contributed by atoms with E-state index < -0.39 is 17.6 Å². The van der Waals surface area contributed by atoms with Crippen molar-refractivity contribution in [2.24, 2.45) is 5.73 Å². The molecule has 2 rings (SSSR count). The maximum Gasteiger partial charge on any atom is 0.417 e. The lowest BCUT2D eigenvalue weighted by molar-refractivity contribution is -0.137. The van der Waals surface area contributed by atoms with Crippen LogP contribution in [0.25, 0.3) is 11.1 Å². The molecule has 0 heterocycles. The Kier molecular flexibility index (Phi) is 3.88. The van der Waals surface area contributed by atoms with Gasteiger partial charge >= 0.3 is 6.18 Å². The summed E-state index contributed by atoms with van der Waals surface area (Å²) >= 11 is 0. The van der Waals surface area contributed by atoms with E-state index in [1.165, 1.54) is 7.05 Å². The first-order valence-electron chi connectivity index (χ1n) is 6.13. The molecule has 3 nitrogen and oxygen atoms in total. The summed E-state index contributed by atoms with van der Waals surface area (Å²) in [5.74, 6) is -0.787. The molecule has 6 heteroatoms. The molecule has 0 radical (unpaired) electrons. The number of halogens is 3. The molecule has 0 unspecified atom stereocenters. The fourth-order valence-electron chi connectivity index (χ4n) is 2.21. The Labute approximate surface area is 119 Å². The van der Waals surface area contributed by atoms with E-state index in [4.69, 9.17) is 5.73 Å². The summed E-state index contributed by atoms with van der Waals surface area (Å²) in [5.41, 5.74) is 4.79. The minimum Gasteiger partial charge on any atom is -0.387 e. The molecule has 0 fully saturated rings. The van der Waals surface area contributed by atoms with Crippen molar-refractivity contribution >= 4 is 11.6 Å². The van der Waals surface area contributed by atoms with Crippen molar-refractivity contribution in [3.05, 3.63) is 53.6 Å². The zero-order valence-electron chi connectivity index (χ0n) is 11.2. The smallest absolute Gasteiger partial charge is 0.387 e. The third-order valence-corrected chi connectivity index (χ3v) is 3.09. The number of primary amides is 1. The summed E-state index contributed by atoms with van der Waals surface area (Å²) in [4.78, 5) is 11.4. The minimum atomic E-state index is -4.53. The second-order valence-corrected chi connectivity index (χ2v) is 4.39. The minimum absolute atomic E-state index is 0.0179. The van der Waals surface area contributed by atoms with Crippen LogP contribution in [0.3, 0.4) is 0 Å². The van der Waals surface area contributed by atoms with E-state index in [-0.39, 0.29) is 16.8 Å². The predicted octanol–water partition coefficient (Wildman–Crippen LogP) is 3.51. The van der Waals surface area contributed by atoms with Gasteiger partial charge in [-0.2, -0.15) is 13.2 Å². The van der Waals surface area contributed by atoms with Crippen LogP contribution in [-0.4, -0.2) is 13.0 Å². The lowest BCUT2D eigenvalue weighted by Gasteiger charge is -2.19. The summed E-state index contributed by atoms with van der Waals surface area (Å²) in [6.45, 7) is 0. The zero-order valence-corrected chi connectivity index (χ0v) is 11.2. The van der Waals surface area contributed by atoms with Crippen molar-refractivity contribution in [1.29, 1.82) is 0 Å². The Morgan fingerprint density at radius 3 is 2.19 bits per heavy atom. The van der Waals surface area contributed by atoms with E-state index in [0.717, 1.165) is 12.1 Å². The van der Waals surface area contributed by atoms with Crippen molar-refractivity contribution in [2.45, 2.75) is 6.18 Å². The van der Waals surface area contributed by atoms with Crippen molar-refractivity contribution < 1.29 is 18.0 Å². The number of amides is 1. The van der Waals surface area contributed by atoms with Crippen molar-refractivity contribution in [3.8, 4) is 11.1 Å². The Balaban J connectivity index is 2.85. The number of carbonyl (C=O) groups excluding carboxylic acids is 1. The number of nitrogens with one attached hydrogen (secondary N) is 1. The molecule has 2 aromatic rings. The first kappa shape index (κ1) is 14.9. The molecule has 0 aromatic heterocycles. The second-order valence-electron chi connectivity index (χ2n) is 4.39. The second kappa shape index (κ2) is 5.47. The van der Waals surface area contributed by atoms with Gasteiger partial charge in [-0.3, -0.25) is 4.79 Å². The van der Waals surface area contributed by atoms with Crippen LogP contribution in [0.2, 0.25) is 0 Å². The van der Waals surface area contributed by atoms with Gasteiger partial charge in [0, 0.05) is 12.6 Å². The highest BCUT2D eigenvalue weighted by Gasteiger charge is 2.35. The number of anilines is 1. The molecule has 3 N–H and O–H groups in total. The van der Waals surface area contributed by atoms with Gasteiger partial charge in [-0.25, -0.2) is 0 Å². The van der Waals surface area contributed by atoms with Crippen molar-refractivity contribution in [1.82, 2.24) is 0 Å². The van der Waals surface area contributed by atoms with Gasteiger partial charge in [0.05, 0.1) is 16.8 Å². The fraction of sp³-hybridized carbons (Fsp3) is 0.133. The summed E-state index contributed by atoms with van der Waals surface area (Å²) in [6.07, 6.45) is -4.53. The van der Waals surface area contributed by atoms with E-state index in [1.807, 2.05) is 0 Å². The van der Waals surface area contributed by atoms with Crippen LogP contribution in [0.1, 0.15) is 15.9 Å². The topological polar surface area (TPSA) is 55.1 Å². The summed E-state index contributed by atoms with van der Waals surface area (Å²) in [7, 11) is 1.45. The van der Waals surface area contributed by atoms with Crippen LogP contribution in [0.4, 0.5) is 18.9 Å². The molecule has 0 aliphatic heterocycles. The van der Waals surface area contributed by atoms with Gasteiger partial charge in [-0.05, 0) is 17.7 Å². The molecule has 110 valence electrons. The lowest BCUT2D eigenvalue weighted by atomic mass is 9.94. The molecule has 0 saturated heterocycles. The standard InChI is InChI=1S/C15H13F3N2O/c1-20-13-10(14(19)21)7-8-11(15(16,17)18)12(13)9-5-3-2-4-6-9/h2-8,20H,1H3,(H2,19,21). The highest BCUT2D eigenvalue weighted by atomic mass is 19.4. The van der Waals surface area contributed by atoms with Crippen LogP contribution >= 0.6 is 0 Å². The molecule has 0 aliphatic rings. The number of nitrogens with two attached hydrogens (primary N) is 1. The van der Waals surface area contributed by atoms with Gasteiger partial charge in [0.1, 0.15) is 0 Å². The first-order chi connectivity index (χ1) is 9.86. The molecule has 0 aliphatic carbocycles. The molecule has 0 saturated carbocycles. The fourth-order valence-corrected chi connectivity index (χ4v) is 2.21. The number of carbonyl (C=O) groups is 1. The maximum atomic E-state index is 13.2. The summed E-state index contributed by atoms with van der Waals surface area (Å²) in [5, 5.41) is 2.66. The Morgan fingerprint density at radius 2 is 1.71 bits per heavy atom. The van der Waals surface area contributed by atoms with Gasteiger partial charge < -0.3 is 11.1 Å². The summed E-state index contributed by atoms with van der Waals surface area (Å²) < 4.78 is 39.7. The van der Waals surface area contributed by atoms with Crippen molar-refractivity contribution in [3.63, 3.8) is 0 Å². The van der Waals surface area contributed by atoms with Gasteiger partial charge in [-0.15, -0.1) is 0 Å². The quantitative estimate of drug-likeness (QED) is 0.910. The largest absolute Gasteiger partial charge is 0.417 e. The average molecular weight is 294 g/mol. The van der Waals surface area contributed by atoms with Crippen LogP contribution in [0.5, 0.6) is 0 Å². The maximum absolute atomic E-state index is 13.2. The molecule has 0 bridgehead atoms. The number of hydrogen-bond donors (Lipinski definition) is 2. The van der Waals surface area contributed by atoms with Crippen LogP contribution < -0.4 is 11.1 Å². The Bertz CT molecular complexity index is 667. The van der Waals surface area contributed by atoms with E-state index in [0.29, 0.717) is 5.56 Å². The van der Waals surface area contributed by atoms with Crippen LogP contribution in [0.15, 0.2) is 42.5 Å². The first-order valence-corrected chi connectivity index (χ1v) is 6.13. The highest BCUT2D eigenvalue weighted by molar-refractivity contribution is 6.03. The van der Waals surface area contributed by atoms with Gasteiger partial charge in [0.2, 0.25) is 0 Å². The molecular formula is C15H13F3N2O. The number of hydrogen-bond acceptors (Lipinski definition) is 2. The Hall–Kier alpha value is -2.50. The van der Waals surface area contributed by atoms with Crippen LogP contribution in [0, 0.1) is 0 Å². The van der Waals surface area contributed by atoms with E-state index in [9.17, 15) is 18.0 Å². The van der Waals surface area contributed by atoms with E-state index in [1.54, 1.807) is 30.3 Å². The van der Waals surface area contributed by atoms with E-state index in [2.05, 4.69) is 5.32 Å². The molecule has 2 aromatic carbocycles. The third kappa shape index (κ3) is 2.84. The SMILES string of the molecule is CNc1c(C(N)=O)ccc(C(F)(F)F)c1-c1ccccc1. The van der Waals surface area contributed by atoms with Gasteiger partial charge in [-0.1, -0.05) is 30.3 Å². The zero-order chi connectivity index (χ0) is 15.6. The van der Waals surface area contributed by atoms with Gasteiger partial charge in [0.15, 0.2) is 0 Å². The number of rotatable bonds is 3. The predicted molar refractivity (Wildman–Crippen MR) is 74.9 cm³/mol. The van der Waals surface area contributed by atoms with Crippen molar-refractivity contribution in [2.75, 3.05) is 12.4 Å². The highest BCUT2D eigenvalue weighted by Crippen LogP contribution is 2.42. The Morgan fingerprint density at radius 1 is 1.10 bits per heavy atom. The monoisotopic (exact) mass is 294 g/mol. The van der Waals surface area contributed by atoms with Crippen LogP contribution in [-0.2, 0) is 6.18 Å². The molecular weight excluding hydrogens is 281 g/mol. The average Bonchev–Trinajstić information content (AvgIpc) is 2.45. The third-order valence-electron chi connectivity index (χ3n) is 3.09.